The van der Waals surface area contributed by atoms with E-state index < -0.39 is 0 Å². The Balaban J connectivity index is 1.47. The Morgan fingerprint density at radius 2 is 1.88 bits per heavy atom. The molecule has 0 radical (unpaired) electrons. The predicted octanol–water partition coefficient (Wildman–Crippen LogP) is 3.26. The summed E-state index contributed by atoms with van der Waals surface area (Å²) in [5, 5.41) is 7.41. The molecule has 2 bridgehead atoms. The summed E-state index contributed by atoms with van der Waals surface area (Å²) in [7, 11) is 0. The lowest BCUT2D eigenvalue weighted by molar-refractivity contribution is 0.0925. The van der Waals surface area contributed by atoms with Gasteiger partial charge in [-0.15, -0.1) is 0 Å². The molecule has 2 atom stereocenters. The Kier molecular flexibility index (Phi) is 3.52. The summed E-state index contributed by atoms with van der Waals surface area (Å²) in [4.78, 5) is 17.6. The molecule has 2 aromatic rings. The first kappa shape index (κ1) is 15.3. The van der Waals surface area contributed by atoms with E-state index in [4.69, 9.17) is 0 Å². The fourth-order valence-electron chi connectivity index (χ4n) is 4.43. The number of carbonyl (C=O) groups excluding carboxylic acids is 1. The lowest BCUT2D eigenvalue weighted by Crippen LogP contribution is -2.48. The van der Waals surface area contributed by atoms with Crippen LogP contribution in [-0.4, -0.2) is 29.0 Å². The van der Waals surface area contributed by atoms with Gasteiger partial charge in [0.1, 0.15) is 5.82 Å². The highest BCUT2D eigenvalue weighted by atomic mass is 19.1. The van der Waals surface area contributed by atoms with Gasteiger partial charge in [-0.1, -0.05) is 0 Å². The normalized spacial score (nSPS) is 28.3. The van der Waals surface area contributed by atoms with Crippen LogP contribution in [0.4, 0.5) is 4.39 Å². The Morgan fingerprint density at radius 3 is 2.60 bits per heavy atom. The molecular formula is C20H22FN3O. The van der Waals surface area contributed by atoms with Gasteiger partial charge in [-0.2, -0.15) is 0 Å². The van der Waals surface area contributed by atoms with Crippen molar-refractivity contribution >= 4 is 16.8 Å². The SMILES string of the molecule is O=C(NC1CC2CCC(C1)N2)c1cc(C2CC2)nc2ccc(F)cc12. The molecule has 2 saturated heterocycles. The zero-order chi connectivity index (χ0) is 17.0. The van der Waals surface area contributed by atoms with Crippen LogP contribution in [0.15, 0.2) is 24.3 Å². The molecule has 5 heteroatoms. The Morgan fingerprint density at radius 1 is 1.12 bits per heavy atom. The lowest BCUT2D eigenvalue weighted by atomic mass is 9.98. The van der Waals surface area contributed by atoms with E-state index in [1.807, 2.05) is 6.07 Å². The first-order valence-corrected chi connectivity index (χ1v) is 9.33. The van der Waals surface area contributed by atoms with Gasteiger partial charge >= 0.3 is 0 Å². The van der Waals surface area contributed by atoms with Crippen LogP contribution in [0.3, 0.4) is 0 Å². The number of benzene rings is 1. The highest BCUT2D eigenvalue weighted by Gasteiger charge is 2.34. The first-order chi connectivity index (χ1) is 12.2. The number of nitrogens with one attached hydrogen (secondary N) is 2. The largest absolute Gasteiger partial charge is 0.349 e. The molecule has 2 N–H and O–H groups in total. The van der Waals surface area contributed by atoms with Crippen LogP contribution in [0.25, 0.3) is 10.9 Å². The molecule has 5 rings (SSSR count). The van der Waals surface area contributed by atoms with Crippen LogP contribution in [-0.2, 0) is 0 Å². The van der Waals surface area contributed by atoms with Crippen molar-refractivity contribution < 1.29 is 9.18 Å². The average Bonchev–Trinajstić information content (AvgIpc) is 3.39. The molecule has 4 nitrogen and oxygen atoms in total. The zero-order valence-corrected chi connectivity index (χ0v) is 14.1. The van der Waals surface area contributed by atoms with Crippen LogP contribution in [0.2, 0.25) is 0 Å². The molecule has 130 valence electrons. The molecule has 1 saturated carbocycles. The van der Waals surface area contributed by atoms with Crippen molar-refractivity contribution in [1.82, 2.24) is 15.6 Å². The van der Waals surface area contributed by atoms with E-state index in [0.717, 1.165) is 31.4 Å². The Hall–Kier alpha value is -2.01. The predicted molar refractivity (Wildman–Crippen MR) is 94.1 cm³/mol. The van der Waals surface area contributed by atoms with Gasteiger partial charge in [-0.25, -0.2) is 4.39 Å². The quantitative estimate of drug-likeness (QED) is 0.902. The monoisotopic (exact) mass is 339 g/mol. The van der Waals surface area contributed by atoms with Gasteiger partial charge < -0.3 is 10.6 Å². The third-order valence-corrected chi connectivity index (χ3v) is 5.84. The molecule has 1 aromatic heterocycles. The summed E-state index contributed by atoms with van der Waals surface area (Å²) >= 11 is 0. The summed E-state index contributed by atoms with van der Waals surface area (Å²) in [6.07, 6.45) is 6.61. The second-order valence-electron chi connectivity index (χ2n) is 7.81. The van der Waals surface area contributed by atoms with Crippen molar-refractivity contribution in [3.63, 3.8) is 0 Å². The van der Waals surface area contributed by atoms with Crippen molar-refractivity contribution in [2.45, 2.75) is 62.6 Å². The fourth-order valence-corrected chi connectivity index (χ4v) is 4.43. The van der Waals surface area contributed by atoms with Gasteiger partial charge in [0.25, 0.3) is 5.91 Å². The number of hydrogen-bond acceptors (Lipinski definition) is 3. The minimum absolute atomic E-state index is 0.0915. The summed E-state index contributed by atoms with van der Waals surface area (Å²) in [5.41, 5.74) is 2.24. The second kappa shape index (κ2) is 5.77. The van der Waals surface area contributed by atoms with E-state index in [9.17, 15) is 9.18 Å². The highest BCUT2D eigenvalue weighted by Crippen LogP contribution is 2.40. The van der Waals surface area contributed by atoms with Gasteiger partial charge in [0.15, 0.2) is 0 Å². The second-order valence-corrected chi connectivity index (χ2v) is 7.81. The molecule has 0 spiro atoms. The molecule has 3 heterocycles. The molecule has 3 aliphatic rings. The maximum Gasteiger partial charge on any atom is 0.252 e. The lowest BCUT2D eigenvalue weighted by Gasteiger charge is -2.29. The Bertz CT molecular complexity index is 836. The molecular weight excluding hydrogens is 317 g/mol. The molecule has 1 aromatic carbocycles. The van der Waals surface area contributed by atoms with E-state index >= 15 is 0 Å². The number of amides is 1. The molecule has 25 heavy (non-hydrogen) atoms. The third-order valence-electron chi connectivity index (χ3n) is 5.84. The summed E-state index contributed by atoms with van der Waals surface area (Å²) in [6, 6.07) is 7.66. The Labute approximate surface area is 146 Å². The zero-order valence-electron chi connectivity index (χ0n) is 14.1. The van der Waals surface area contributed by atoms with E-state index in [-0.39, 0.29) is 17.8 Å². The number of pyridine rings is 1. The number of carbonyl (C=O) groups is 1. The molecule has 3 fully saturated rings. The summed E-state index contributed by atoms with van der Waals surface area (Å²) in [6.45, 7) is 0. The van der Waals surface area contributed by atoms with E-state index in [2.05, 4.69) is 15.6 Å². The number of nitrogens with zero attached hydrogens (tertiary/aromatic N) is 1. The third kappa shape index (κ3) is 2.91. The van der Waals surface area contributed by atoms with Gasteiger partial charge in [0, 0.05) is 35.1 Å². The maximum absolute atomic E-state index is 13.8. The van der Waals surface area contributed by atoms with Gasteiger partial charge in [0.05, 0.1) is 11.1 Å². The summed E-state index contributed by atoms with van der Waals surface area (Å²) < 4.78 is 13.8. The molecule has 1 amide bonds. The van der Waals surface area contributed by atoms with Gasteiger partial charge in [-0.05, 0) is 62.8 Å². The maximum atomic E-state index is 13.8. The number of halogens is 1. The van der Waals surface area contributed by atoms with Crippen LogP contribution < -0.4 is 10.6 Å². The van der Waals surface area contributed by atoms with E-state index in [1.54, 1.807) is 6.07 Å². The number of hydrogen-bond donors (Lipinski definition) is 2. The molecule has 2 unspecified atom stereocenters. The van der Waals surface area contributed by atoms with Crippen molar-refractivity contribution in [3.05, 3.63) is 41.3 Å². The number of fused-ring (bicyclic) bond motifs is 3. The summed E-state index contributed by atoms with van der Waals surface area (Å²) in [5.74, 6) is 0.0318. The van der Waals surface area contributed by atoms with Crippen molar-refractivity contribution in [1.29, 1.82) is 0 Å². The van der Waals surface area contributed by atoms with Crippen molar-refractivity contribution in [3.8, 4) is 0 Å². The smallest absolute Gasteiger partial charge is 0.252 e. The van der Waals surface area contributed by atoms with Crippen LogP contribution in [0.5, 0.6) is 0 Å². The molecule has 1 aliphatic carbocycles. The van der Waals surface area contributed by atoms with Crippen molar-refractivity contribution in [2.75, 3.05) is 0 Å². The minimum Gasteiger partial charge on any atom is -0.349 e. The topological polar surface area (TPSA) is 54.0 Å². The fraction of sp³-hybridized carbons (Fsp3) is 0.500. The minimum atomic E-state index is -0.331. The van der Waals surface area contributed by atoms with Gasteiger partial charge in [-0.3, -0.25) is 9.78 Å². The van der Waals surface area contributed by atoms with E-state index in [1.165, 1.54) is 25.0 Å². The number of piperidine rings is 1. The average molecular weight is 339 g/mol. The number of aromatic nitrogens is 1. The number of rotatable bonds is 3. The van der Waals surface area contributed by atoms with Crippen LogP contribution in [0.1, 0.15) is 60.5 Å². The standard InChI is InChI=1S/C20H22FN3O/c21-12-3-6-18-16(7-12)17(10-19(24-18)11-1-2-11)20(25)23-15-8-13-4-5-14(9-15)22-13/h3,6-7,10-11,13-15,22H,1-2,4-5,8-9H2,(H,23,25). The van der Waals surface area contributed by atoms with Crippen LogP contribution >= 0.6 is 0 Å². The highest BCUT2D eigenvalue weighted by molar-refractivity contribution is 6.06. The molecule has 2 aliphatic heterocycles. The van der Waals surface area contributed by atoms with Gasteiger partial charge in [0.2, 0.25) is 0 Å². The van der Waals surface area contributed by atoms with E-state index in [0.29, 0.717) is 34.5 Å². The first-order valence-electron chi connectivity index (χ1n) is 9.33. The van der Waals surface area contributed by atoms with Crippen molar-refractivity contribution in [2.24, 2.45) is 0 Å². The van der Waals surface area contributed by atoms with Crippen LogP contribution in [0, 0.1) is 5.82 Å².